The molecule has 3 N–H and O–H groups in total. The van der Waals surface area contributed by atoms with Gasteiger partial charge < -0.3 is 15.7 Å². The van der Waals surface area contributed by atoms with Gasteiger partial charge >= 0.3 is 0 Å². The molecule has 1 aromatic heterocycles. The molecule has 3 rings (SSSR count). The smallest absolute Gasteiger partial charge is 0.139 e. The number of fused-ring (bicyclic) bond motifs is 1. The minimum Gasteiger partial charge on any atom is -0.399 e. The predicted octanol–water partition coefficient (Wildman–Crippen LogP) is 1.42. The number of nitrogens with zero attached hydrogens (tertiary/aromatic N) is 3. The Morgan fingerprint density at radius 1 is 1.37 bits per heavy atom. The van der Waals surface area contributed by atoms with Gasteiger partial charge in [0.25, 0.3) is 0 Å². The molecule has 100 valence electrons. The van der Waals surface area contributed by atoms with Gasteiger partial charge in [-0.15, -0.1) is 0 Å². The molecule has 0 saturated carbocycles. The van der Waals surface area contributed by atoms with Crippen LogP contribution >= 0.6 is 0 Å². The quantitative estimate of drug-likeness (QED) is 0.797. The Morgan fingerprint density at radius 2 is 2.26 bits per heavy atom. The van der Waals surface area contributed by atoms with Crippen LogP contribution in [0.5, 0.6) is 0 Å². The number of piperidine rings is 1. The number of hydrogen-bond acceptors (Lipinski definition) is 5. The Hall–Kier alpha value is -1.88. The van der Waals surface area contributed by atoms with Crippen LogP contribution in [-0.2, 0) is 0 Å². The second-order valence-electron chi connectivity index (χ2n) is 5.11. The Balaban J connectivity index is 2.02. The summed E-state index contributed by atoms with van der Waals surface area (Å²) in [5, 5.41) is 10.3. The SMILES string of the molecule is Nc1ccc2ncnc(N3CCCC(CO)C3)c2c1. The standard InChI is InChI=1S/C14H18N4O/c15-11-3-4-13-12(6-11)14(17-9-16-13)18-5-1-2-10(7-18)8-19/h3-4,6,9-10,19H,1-2,5,7-8,15H2. The molecular formula is C14H18N4O. The highest BCUT2D eigenvalue weighted by molar-refractivity contribution is 5.91. The van der Waals surface area contributed by atoms with Gasteiger partial charge in [0.1, 0.15) is 12.1 Å². The molecule has 2 aromatic rings. The zero-order chi connectivity index (χ0) is 13.2. The number of anilines is 2. The normalized spacial score (nSPS) is 19.8. The number of benzene rings is 1. The van der Waals surface area contributed by atoms with Crippen molar-refractivity contribution in [3.8, 4) is 0 Å². The first-order valence-electron chi connectivity index (χ1n) is 6.64. The van der Waals surface area contributed by atoms with Gasteiger partial charge in [-0.2, -0.15) is 0 Å². The zero-order valence-corrected chi connectivity index (χ0v) is 10.8. The molecule has 1 aromatic carbocycles. The second-order valence-corrected chi connectivity index (χ2v) is 5.11. The van der Waals surface area contributed by atoms with Crippen LogP contribution < -0.4 is 10.6 Å². The highest BCUT2D eigenvalue weighted by Gasteiger charge is 2.21. The van der Waals surface area contributed by atoms with Gasteiger partial charge in [0.2, 0.25) is 0 Å². The summed E-state index contributed by atoms with van der Waals surface area (Å²) < 4.78 is 0. The molecule has 19 heavy (non-hydrogen) atoms. The molecule has 5 heteroatoms. The van der Waals surface area contributed by atoms with Crippen LogP contribution in [0.3, 0.4) is 0 Å². The fourth-order valence-electron chi connectivity index (χ4n) is 2.72. The second kappa shape index (κ2) is 5.01. The van der Waals surface area contributed by atoms with Crippen molar-refractivity contribution >= 4 is 22.4 Å². The third-order valence-electron chi connectivity index (χ3n) is 3.72. The number of aliphatic hydroxyl groups is 1. The molecule has 0 aliphatic carbocycles. The maximum Gasteiger partial charge on any atom is 0.139 e. The summed E-state index contributed by atoms with van der Waals surface area (Å²) >= 11 is 0. The molecule has 2 heterocycles. The average molecular weight is 258 g/mol. The van der Waals surface area contributed by atoms with Crippen molar-refractivity contribution in [1.29, 1.82) is 0 Å². The molecule has 0 spiro atoms. The fourth-order valence-corrected chi connectivity index (χ4v) is 2.72. The van der Waals surface area contributed by atoms with Crippen LogP contribution in [0.4, 0.5) is 11.5 Å². The minimum absolute atomic E-state index is 0.238. The average Bonchev–Trinajstić information content (AvgIpc) is 2.46. The summed E-state index contributed by atoms with van der Waals surface area (Å²) in [5.41, 5.74) is 7.49. The molecule has 0 bridgehead atoms. The van der Waals surface area contributed by atoms with E-state index in [9.17, 15) is 5.11 Å². The van der Waals surface area contributed by atoms with Gasteiger partial charge in [0, 0.05) is 30.8 Å². The molecule has 1 saturated heterocycles. The highest BCUT2D eigenvalue weighted by Crippen LogP contribution is 2.28. The van der Waals surface area contributed by atoms with E-state index >= 15 is 0 Å². The minimum atomic E-state index is 0.238. The topological polar surface area (TPSA) is 75.3 Å². The van der Waals surface area contributed by atoms with Crippen molar-refractivity contribution in [1.82, 2.24) is 9.97 Å². The summed E-state index contributed by atoms with van der Waals surface area (Å²) in [6, 6.07) is 5.70. The highest BCUT2D eigenvalue weighted by atomic mass is 16.3. The lowest BCUT2D eigenvalue weighted by atomic mass is 9.99. The summed E-state index contributed by atoms with van der Waals surface area (Å²) in [5.74, 6) is 1.26. The predicted molar refractivity (Wildman–Crippen MR) is 76.0 cm³/mol. The number of nitrogen functional groups attached to an aromatic ring is 1. The largest absolute Gasteiger partial charge is 0.399 e. The first kappa shape index (κ1) is 12.2. The van der Waals surface area contributed by atoms with Crippen molar-refractivity contribution in [2.75, 3.05) is 30.3 Å². The van der Waals surface area contributed by atoms with Crippen molar-refractivity contribution in [2.24, 2.45) is 5.92 Å². The summed E-state index contributed by atoms with van der Waals surface area (Å²) in [7, 11) is 0. The van der Waals surface area contributed by atoms with E-state index in [1.807, 2.05) is 18.2 Å². The van der Waals surface area contributed by atoms with E-state index in [2.05, 4.69) is 14.9 Å². The molecule has 5 nitrogen and oxygen atoms in total. The van der Waals surface area contributed by atoms with E-state index in [-0.39, 0.29) is 6.61 Å². The number of hydrogen-bond donors (Lipinski definition) is 2. The van der Waals surface area contributed by atoms with Gasteiger partial charge in [-0.3, -0.25) is 0 Å². The van der Waals surface area contributed by atoms with E-state index in [1.54, 1.807) is 6.33 Å². The molecule has 1 atom stereocenters. The van der Waals surface area contributed by atoms with Gasteiger partial charge in [0.15, 0.2) is 0 Å². The van der Waals surface area contributed by atoms with Crippen LogP contribution in [0.15, 0.2) is 24.5 Å². The van der Waals surface area contributed by atoms with Gasteiger partial charge in [-0.25, -0.2) is 9.97 Å². The number of rotatable bonds is 2. The monoisotopic (exact) mass is 258 g/mol. The van der Waals surface area contributed by atoms with Crippen molar-refractivity contribution in [3.05, 3.63) is 24.5 Å². The van der Waals surface area contributed by atoms with Crippen LogP contribution in [0.25, 0.3) is 10.9 Å². The lowest BCUT2D eigenvalue weighted by Crippen LogP contribution is -2.37. The molecule has 1 aliphatic heterocycles. The first-order chi connectivity index (χ1) is 9.28. The lowest BCUT2D eigenvalue weighted by molar-refractivity contribution is 0.208. The molecule has 1 aliphatic rings. The Morgan fingerprint density at radius 3 is 3.11 bits per heavy atom. The first-order valence-corrected chi connectivity index (χ1v) is 6.64. The molecular weight excluding hydrogens is 240 g/mol. The lowest BCUT2D eigenvalue weighted by Gasteiger charge is -2.33. The Kier molecular flexibility index (Phi) is 3.21. The van der Waals surface area contributed by atoms with Gasteiger partial charge in [-0.05, 0) is 37.0 Å². The Bertz CT molecular complexity index is 587. The van der Waals surface area contributed by atoms with Crippen molar-refractivity contribution in [3.63, 3.8) is 0 Å². The third kappa shape index (κ3) is 2.33. The van der Waals surface area contributed by atoms with Gasteiger partial charge in [0.05, 0.1) is 5.52 Å². The third-order valence-corrected chi connectivity index (χ3v) is 3.72. The maximum atomic E-state index is 9.33. The molecule has 0 amide bonds. The van der Waals surface area contributed by atoms with E-state index in [0.717, 1.165) is 48.3 Å². The summed E-state index contributed by atoms with van der Waals surface area (Å²) in [6.07, 6.45) is 3.76. The molecule has 0 radical (unpaired) electrons. The number of aliphatic hydroxyl groups excluding tert-OH is 1. The van der Waals surface area contributed by atoms with Crippen molar-refractivity contribution in [2.45, 2.75) is 12.8 Å². The van der Waals surface area contributed by atoms with Crippen LogP contribution in [0, 0.1) is 5.92 Å². The van der Waals surface area contributed by atoms with E-state index in [1.165, 1.54) is 0 Å². The zero-order valence-electron chi connectivity index (χ0n) is 10.8. The van der Waals surface area contributed by atoms with E-state index in [0.29, 0.717) is 5.92 Å². The number of aromatic nitrogens is 2. The fraction of sp³-hybridized carbons (Fsp3) is 0.429. The van der Waals surface area contributed by atoms with Crippen LogP contribution in [-0.4, -0.2) is 34.8 Å². The van der Waals surface area contributed by atoms with Crippen LogP contribution in [0.2, 0.25) is 0 Å². The maximum absolute atomic E-state index is 9.33. The van der Waals surface area contributed by atoms with E-state index in [4.69, 9.17) is 5.73 Å². The Labute approximate surface area is 112 Å². The summed E-state index contributed by atoms with van der Waals surface area (Å²) in [6.45, 7) is 2.05. The molecule has 1 fully saturated rings. The summed E-state index contributed by atoms with van der Waals surface area (Å²) in [4.78, 5) is 10.9. The molecule has 1 unspecified atom stereocenters. The van der Waals surface area contributed by atoms with E-state index < -0.39 is 0 Å². The van der Waals surface area contributed by atoms with Crippen molar-refractivity contribution < 1.29 is 5.11 Å². The van der Waals surface area contributed by atoms with Gasteiger partial charge in [-0.1, -0.05) is 0 Å². The number of nitrogens with two attached hydrogens (primary N) is 1. The van der Waals surface area contributed by atoms with Crippen LogP contribution in [0.1, 0.15) is 12.8 Å².